The molecule has 1 aliphatic heterocycles. The number of halogens is 1. The van der Waals surface area contributed by atoms with E-state index in [0.29, 0.717) is 18.5 Å². The third kappa shape index (κ3) is 2.12. The second-order valence-corrected chi connectivity index (χ2v) is 4.73. The van der Waals surface area contributed by atoms with Gasteiger partial charge in [0.15, 0.2) is 0 Å². The Morgan fingerprint density at radius 3 is 3.00 bits per heavy atom. The molecule has 1 heterocycles. The van der Waals surface area contributed by atoms with Crippen LogP contribution >= 0.6 is 0 Å². The smallest absolute Gasteiger partial charge is 0.306 e. The molecule has 1 aromatic carbocycles. The second-order valence-electron chi connectivity index (χ2n) is 4.73. The van der Waals surface area contributed by atoms with Crippen molar-refractivity contribution >= 4 is 11.7 Å². The molecule has 1 aliphatic rings. The molecule has 0 aromatic heterocycles. The largest absolute Gasteiger partial charge is 0.481 e. The third-order valence-corrected chi connectivity index (χ3v) is 3.40. The summed E-state index contributed by atoms with van der Waals surface area (Å²) < 4.78 is 13.8. The van der Waals surface area contributed by atoms with Crippen molar-refractivity contribution in [3.05, 3.63) is 29.6 Å². The number of fused-ring (bicyclic) bond motifs is 1. The fraction of sp³-hybridized carbons (Fsp3) is 0.462. The molecule has 2 rings (SSSR count). The highest BCUT2D eigenvalue weighted by Crippen LogP contribution is 2.40. The number of carbonyl (C=O) groups is 1. The number of nitrogens with zero attached hydrogens (tertiary/aromatic N) is 1. The standard InChI is InChI=1S/C13H16FNO2/c1-8(13(16)17)6-9-7-15(2)11-5-3-4-10(14)12(9)11/h3-5,8-9H,6-7H2,1-2H3,(H,16,17). The minimum absolute atomic E-state index is 0.0256. The van der Waals surface area contributed by atoms with Crippen molar-refractivity contribution in [1.82, 2.24) is 0 Å². The molecule has 17 heavy (non-hydrogen) atoms. The van der Waals surface area contributed by atoms with Gasteiger partial charge in [-0.3, -0.25) is 4.79 Å². The normalized spacial score (nSPS) is 20.2. The van der Waals surface area contributed by atoms with Crippen LogP contribution in [0.15, 0.2) is 18.2 Å². The van der Waals surface area contributed by atoms with Gasteiger partial charge in [0.1, 0.15) is 5.82 Å². The predicted molar refractivity (Wildman–Crippen MR) is 63.8 cm³/mol. The molecule has 0 fully saturated rings. The van der Waals surface area contributed by atoms with Gasteiger partial charge in [-0.2, -0.15) is 0 Å². The summed E-state index contributed by atoms with van der Waals surface area (Å²) in [4.78, 5) is 12.8. The van der Waals surface area contributed by atoms with E-state index in [-0.39, 0.29) is 11.7 Å². The van der Waals surface area contributed by atoms with E-state index in [4.69, 9.17) is 5.11 Å². The van der Waals surface area contributed by atoms with Crippen molar-refractivity contribution in [3.8, 4) is 0 Å². The molecule has 0 saturated heterocycles. The fourth-order valence-corrected chi connectivity index (χ4v) is 2.50. The summed E-state index contributed by atoms with van der Waals surface area (Å²) in [5.41, 5.74) is 1.55. The number of hydrogen-bond donors (Lipinski definition) is 1. The quantitative estimate of drug-likeness (QED) is 0.878. The summed E-state index contributed by atoms with van der Waals surface area (Å²) >= 11 is 0. The number of carboxylic acid groups (broad SMARTS) is 1. The van der Waals surface area contributed by atoms with Crippen LogP contribution in [0.3, 0.4) is 0 Å². The summed E-state index contributed by atoms with van der Waals surface area (Å²) in [6.07, 6.45) is 0.480. The molecular formula is C13H16FNO2. The van der Waals surface area contributed by atoms with Gasteiger partial charge in [-0.1, -0.05) is 13.0 Å². The van der Waals surface area contributed by atoms with Gasteiger partial charge in [0.25, 0.3) is 0 Å². The van der Waals surface area contributed by atoms with Crippen molar-refractivity contribution in [2.24, 2.45) is 5.92 Å². The molecule has 0 saturated carbocycles. The number of benzene rings is 1. The molecule has 0 amide bonds. The highest BCUT2D eigenvalue weighted by molar-refractivity contribution is 5.70. The number of anilines is 1. The van der Waals surface area contributed by atoms with Crippen LogP contribution in [-0.4, -0.2) is 24.7 Å². The lowest BCUT2D eigenvalue weighted by Gasteiger charge is -2.14. The van der Waals surface area contributed by atoms with Crippen LogP contribution in [0.1, 0.15) is 24.8 Å². The zero-order chi connectivity index (χ0) is 12.6. The molecule has 2 atom stereocenters. The topological polar surface area (TPSA) is 40.5 Å². The van der Waals surface area contributed by atoms with Crippen molar-refractivity contribution in [1.29, 1.82) is 0 Å². The lowest BCUT2D eigenvalue weighted by molar-refractivity contribution is -0.141. The molecule has 0 spiro atoms. The van der Waals surface area contributed by atoms with E-state index in [9.17, 15) is 9.18 Å². The van der Waals surface area contributed by atoms with Crippen molar-refractivity contribution in [3.63, 3.8) is 0 Å². The molecule has 3 nitrogen and oxygen atoms in total. The SMILES string of the molecule is CC(CC1CN(C)c2cccc(F)c21)C(=O)O. The van der Waals surface area contributed by atoms with Gasteiger partial charge >= 0.3 is 5.97 Å². The second kappa shape index (κ2) is 4.35. The summed E-state index contributed by atoms with van der Waals surface area (Å²) in [6, 6.07) is 5.01. The Morgan fingerprint density at radius 2 is 2.35 bits per heavy atom. The fourth-order valence-electron chi connectivity index (χ4n) is 2.50. The molecule has 0 radical (unpaired) electrons. The molecule has 1 N–H and O–H groups in total. The van der Waals surface area contributed by atoms with Gasteiger partial charge < -0.3 is 10.0 Å². The maximum absolute atomic E-state index is 13.8. The average molecular weight is 237 g/mol. The first-order valence-electron chi connectivity index (χ1n) is 5.73. The molecule has 4 heteroatoms. The van der Waals surface area contributed by atoms with Gasteiger partial charge in [-0.25, -0.2) is 4.39 Å². The van der Waals surface area contributed by atoms with Crippen molar-refractivity contribution in [2.45, 2.75) is 19.3 Å². The highest BCUT2D eigenvalue weighted by Gasteiger charge is 2.31. The van der Waals surface area contributed by atoms with E-state index in [1.807, 2.05) is 18.0 Å². The van der Waals surface area contributed by atoms with Crippen LogP contribution in [-0.2, 0) is 4.79 Å². The van der Waals surface area contributed by atoms with Gasteiger partial charge in [-0.05, 0) is 18.6 Å². The van der Waals surface area contributed by atoms with Crippen molar-refractivity contribution < 1.29 is 14.3 Å². The van der Waals surface area contributed by atoms with E-state index in [1.54, 1.807) is 13.0 Å². The molecule has 0 aliphatic carbocycles. The van der Waals surface area contributed by atoms with Crippen molar-refractivity contribution in [2.75, 3.05) is 18.5 Å². The first kappa shape index (κ1) is 11.9. The van der Waals surface area contributed by atoms with E-state index >= 15 is 0 Å². The molecule has 2 unspecified atom stereocenters. The first-order valence-corrected chi connectivity index (χ1v) is 5.73. The lowest BCUT2D eigenvalue weighted by atomic mass is 9.91. The number of rotatable bonds is 3. The van der Waals surface area contributed by atoms with Gasteiger partial charge in [0.05, 0.1) is 5.92 Å². The Bertz CT molecular complexity index is 447. The summed E-state index contributed by atoms with van der Waals surface area (Å²) in [7, 11) is 1.91. The maximum Gasteiger partial charge on any atom is 0.306 e. The van der Waals surface area contributed by atoms with Gasteiger partial charge in [0.2, 0.25) is 0 Å². The minimum atomic E-state index is -0.822. The number of carboxylic acids is 1. The Hall–Kier alpha value is -1.58. The summed E-state index contributed by atoms with van der Waals surface area (Å²) in [5.74, 6) is -1.52. The van der Waals surface area contributed by atoms with Gasteiger partial charge in [-0.15, -0.1) is 0 Å². The molecule has 92 valence electrons. The van der Waals surface area contributed by atoms with E-state index in [2.05, 4.69) is 0 Å². The van der Waals surface area contributed by atoms with E-state index in [0.717, 1.165) is 5.69 Å². The van der Waals surface area contributed by atoms with Gasteiger partial charge in [0, 0.05) is 30.8 Å². The van der Waals surface area contributed by atoms with Crippen LogP contribution in [0.25, 0.3) is 0 Å². The lowest BCUT2D eigenvalue weighted by Crippen LogP contribution is -2.19. The van der Waals surface area contributed by atoms with Crippen LogP contribution in [0.4, 0.5) is 10.1 Å². The molecule has 0 bridgehead atoms. The maximum atomic E-state index is 13.8. The Balaban J connectivity index is 2.27. The number of likely N-dealkylation sites (N-methyl/N-ethyl adjacent to an activating group) is 1. The highest BCUT2D eigenvalue weighted by atomic mass is 19.1. The average Bonchev–Trinajstić information content (AvgIpc) is 2.57. The molecule has 1 aromatic rings. The monoisotopic (exact) mass is 237 g/mol. The Labute approximate surface area is 99.9 Å². The molecular weight excluding hydrogens is 221 g/mol. The summed E-state index contributed by atoms with van der Waals surface area (Å²) in [5, 5.41) is 8.92. The van der Waals surface area contributed by atoms with E-state index < -0.39 is 11.9 Å². The predicted octanol–water partition coefficient (Wildman–Crippen LogP) is 2.47. The third-order valence-electron chi connectivity index (χ3n) is 3.40. The Kier molecular flexibility index (Phi) is 3.05. The number of hydrogen-bond acceptors (Lipinski definition) is 2. The first-order chi connectivity index (χ1) is 8.00. The van der Waals surface area contributed by atoms with E-state index in [1.165, 1.54) is 6.07 Å². The van der Waals surface area contributed by atoms with Crippen LogP contribution < -0.4 is 4.90 Å². The van der Waals surface area contributed by atoms with Crippen LogP contribution in [0, 0.1) is 11.7 Å². The Morgan fingerprint density at radius 1 is 1.65 bits per heavy atom. The summed E-state index contributed by atoms with van der Waals surface area (Å²) in [6.45, 7) is 2.36. The van der Waals surface area contributed by atoms with Crippen LogP contribution in [0.5, 0.6) is 0 Å². The minimum Gasteiger partial charge on any atom is -0.481 e. The van der Waals surface area contributed by atoms with Crippen LogP contribution in [0.2, 0.25) is 0 Å². The zero-order valence-electron chi connectivity index (χ0n) is 9.98. The number of aliphatic carboxylic acids is 1. The zero-order valence-corrected chi connectivity index (χ0v) is 9.98.